The number of piperazine rings is 1. The number of benzene rings is 1. The lowest BCUT2D eigenvalue weighted by molar-refractivity contribution is 0.424. The van der Waals surface area contributed by atoms with Gasteiger partial charge in [0.15, 0.2) is 0 Å². The Kier molecular flexibility index (Phi) is 4.17. The molecule has 0 radical (unpaired) electrons. The van der Waals surface area contributed by atoms with Gasteiger partial charge >= 0.3 is 0 Å². The van der Waals surface area contributed by atoms with Crippen molar-refractivity contribution in [2.24, 2.45) is 0 Å². The van der Waals surface area contributed by atoms with E-state index in [1.54, 1.807) is 12.1 Å². The molecule has 21 heavy (non-hydrogen) atoms. The summed E-state index contributed by atoms with van der Waals surface area (Å²) in [5, 5.41) is 4.44. The lowest BCUT2D eigenvalue weighted by Gasteiger charge is -2.37. The molecule has 1 aliphatic rings. The van der Waals surface area contributed by atoms with E-state index < -0.39 is 0 Å². The number of aromatic nitrogens is 2. The van der Waals surface area contributed by atoms with Gasteiger partial charge in [0.2, 0.25) is 5.13 Å². The summed E-state index contributed by atoms with van der Waals surface area (Å²) in [5.74, 6) is 0.592. The van der Waals surface area contributed by atoms with E-state index in [0.29, 0.717) is 18.5 Å². The van der Waals surface area contributed by atoms with E-state index in [1.807, 2.05) is 0 Å². The van der Waals surface area contributed by atoms with Crippen molar-refractivity contribution in [3.05, 3.63) is 41.5 Å². The molecular weight excluding hydrogens is 287 g/mol. The first-order valence-corrected chi connectivity index (χ1v) is 7.96. The third-order valence-corrected chi connectivity index (χ3v) is 4.53. The van der Waals surface area contributed by atoms with E-state index in [1.165, 1.54) is 23.7 Å². The third-order valence-electron chi connectivity index (χ3n) is 3.74. The first-order valence-electron chi connectivity index (χ1n) is 7.19. The predicted octanol–water partition coefficient (Wildman–Crippen LogP) is 2.45. The number of halogens is 1. The number of nitrogens with zero attached hydrogens (tertiary/aromatic N) is 3. The number of hydrogen-bond donors (Lipinski definition) is 1. The molecule has 0 amide bonds. The second kappa shape index (κ2) is 6.07. The minimum Gasteiger partial charge on any atom is -0.341 e. The maximum Gasteiger partial charge on any atom is 0.205 e. The molecule has 2 atom stereocenters. The highest BCUT2D eigenvalue weighted by atomic mass is 32.1. The zero-order valence-electron chi connectivity index (χ0n) is 12.2. The van der Waals surface area contributed by atoms with Crippen LogP contribution < -0.4 is 10.2 Å². The standard InChI is InChI=1S/C15H19FN4S/c1-10-9-20(11(2)8-17-10)15-18-14(19-21-15)7-12-3-5-13(16)6-4-12/h3-6,10-11,17H,7-9H2,1-2H3. The van der Waals surface area contributed by atoms with Crippen LogP contribution in [0, 0.1) is 5.82 Å². The minimum atomic E-state index is -0.214. The van der Waals surface area contributed by atoms with E-state index in [-0.39, 0.29) is 5.82 Å². The maximum atomic E-state index is 12.9. The van der Waals surface area contributed by atoms with E-state index in [2.05, 4.69) is 33.4 Å². The summed E-state index contributed by atoms with van der Waals surface area (Å²) < 4.78 is 17.4. The molecule has 1 aromatic heterocycles. The molecule has 2 heterocycles. The molecular formula is C15H19FN4S. The summed E-state index contributed by atoms with van der Waals surface area (Å²) in [5.41, 5.74) is 1.03. The largest absolute Gasteiger partial charge is 0.341 e. The zero-order chi connectivity index (χ0) is 14.8. The average molecular weight is 306 g/mol. The average Bonchev–Trinajstić information content (AvgIpc) is 2.92. The van der Waals surface area contributed by atoms with Gasteiger partial charge in [-0.2, -0.15) is 4.37 Å². The quantitative estimate of drug-likeness (QED) is 0.946. The number of nitrogens with one attached hydrogen (secondary N) is 1. The van der Waals surface area contributed by atoms with Gasteiger partial charge in [0.05, 0.1) is 0 Å². The van der Waals surface area contributed by atoms with Gasteiger partial charge in [0.1, 0.15) is 11.6 Å². The van der Waals surface area contributed by atoms with Crippen LogP contribution in [-0.2, 0) is 6.42 Å². The molecule has 0 aliphatic carbocycles. The number of rotatable bonds is 3. The molecule has 0 bridgehead atoms. The summed E-state index contributed by atoms with van der Waals surface area (Å²) >= 11 is 1.45. The molecule has 112 valence electrons. The van der Waals surface area contributed by atoms with Gasteiger partial charge < -0.3 is 10.2 Å². The molecule has 3 rings (SSSR count). The van der Waals surface area contributed by atoms with Crippen LogP contribution in [0.1, 0.15) is 25.2 Å². The molecule has 1 fully saturated rings. The monoisotopic (exact) mass is 306 g/mol. The van der Waals surface area contributed by atoms with Crippen LogP contribution in [0.3, 0.4) is 0 Å². The van der Waals surface area contributed by atoms with Crippen molar-refractivity contribution in [3.63, 3.8) is 0 Å². The molecule has 1 N–H and O–H groups in total. The van der Waals surface area contributed by atoms with Gasteiger partial charge in [0, 0.05) is 43.1 Å². The Hall–Kier alpha value is -1.53. The lowest BCUT2D eigenvalue weighted by Crippen LogP contribution is -2.54. The summed E-state index contributed by atoms with van der Waals surface area (Å²) in [6.07, 6.45) is 0.646. The molecule has 4 nitrogen and oxygen atoms in total. The smallest absolute Gasteiger partial charge is 0.205 e. The SMILES string of the molecule is CC1CN(c2nc(Cc3ccc(F)cc3)ns2)C(C)CN1. The van der Waals surface area contributed by atoms with Crippen molar-refractivity contribution in [2.75, 3.05) is 18.0 Å². The lowest BCUT2D eigenvalue weighted by atomic mass is 10.1. The first kappa shape index (κ1) is 14.4. The summed E-state index contributed by atoms with van der Waals surface area (Å²) in [6, 6.07) is 7.40. The van der Waals surface area contributed by atoms with E-state index in [9.17, 15) is 4.39 Å². The zero-order valence-corrected chi connectivity index (χ0v) is 13.0. The van der Waals surface area contributed by atoms with Crippen molar-refractivity contribution in [3.8, 4) is 0 Å². The second-order valence-electron chi connectivity index (χ2n) is 5.61. The Morgan fingerprint density at radius 3 is 2.86 bits per heavy atom. The molecule has 1 aliphatic heterocycles. The van der Waals surface area contributed by atoms with Gasteiger partial charge in [0.25, 0.3) is 0 Å². The maximum absolute atomic E-state index is 12.9. The van der Waals surface area contributed by atoms with Gasteiger partial charge in [-0.1, -0.05) is 12.1 Å². The highest BCUT2D eigenvalue weighted by Crippen LogP contribution is 2.23. The molecule has 1 aromatic carbocycles. The van der Waals surface area contributed by atoms with Gasteiger partial charge in [-0.05, 0) is 31.5 Å². The Balaban J connectivity index is 1.72. The molecule has 2 unspecified atom stereocenters. The summed E-state index contributed by atoms with van der Waals surface area (Å²) in [4.78, 5) is 6.96. The Morgan fingerprint density at radius 2 is 2.10 bits per heavy atom. The van der Waals surface area contributed by atoms with Crippen LogP contribution >= 0.6 is 11.5 Å². The van der Waals surface area contributed by atoms with Crippen LogP contribution in [0.15, 0.2) is 24.3 Å². The molecule has 0 spiro atoms. The highest BCUT2D eigenvalue weighted by Gasteiger charge is 2.25. The molecule has 6 heteroatoms. The van der Waals surface area contributed by atoms with Crippen LogP contribution in [0.2, 0.25) is 0 Å². The van der Waals surface area contributed by atoms with Gasteiger partial charge in [-0.15, -0.1) is 0 Å². The van der Waals surface area contributed by atoms with Crippen LogP contribution in [0.5, 0.6) is 0 Å². The Bertz CT molecular complexity index is 598. The van der Waals surface area contributed by atoms with Crippen molar-refractivity contribution in [1.82, 2.24) is 14.7 Å². The van der Waals surface area contributed by atoms with Crippen molar-refractivity contribution < 1.29 is 4.39 Å². The fourth-order valence-electron chi connectivity index (χ4n) is 2.51. The Labute approximate surface area is 128 Å². The summed E-state index contributed by atoms with van der Waals surface area (Å²) in [7, 11) is 0. The first-order chi connectivity index (χ1) is 10.1. The normalized spacial score (nSPS) is 22.5. The third kappa shape index (κ3) is 3.39. The molecule has 0 saturated carbocycles. The number of hydrogen-bond acceptors (Lipinski definition) is 5. The predicted molar refractivity (Wildman–Crippen MR) is 83.4 cm³/mol. The number of anilines is 1. The fourth-order valence-corrected chi connectivity index (χ4v) is 3.30. The van der Waals surface area contributed by atoms with Crippen LogP contribution in [0.4, 0.5) is 9.52 Å². The van der Waals surface area contributed by atoms with E-state index in [4.69, 9.17) is 0 Å². The molecule has 2 aromatic rings. The topological polar surface area (TPSA) is 41.1 Å². The van der Waals surface area contributed by atoms with Crippen molar-refractivity contribution >= 4 is 16.7 Å². The van der Waals surface area contributed by atoms with E-state index >= 15 is 0 Å². The Morgan fingerprint density at radius 1 is 1.33 bits per heavy atom. The van der Waals surface area contributed by atoms with Crippen LogP contribution in [0.25, 0.3) is 0 Å². The van der Waals surface area contributed by atoms with Crippen molar-refractivity contribution in [1.29, 1.82) is 0 Å². The van der Waals surface area contributed by atoms with E-state index in [0.717, 1.165) is 29.6 Å². The minimum absolute atomic E-state index is 0.214. The fraction of sp³-hybridized carbons (Fsp3) is 0.467. The highest BCUT2D eigenvalue weighted by molar-refractivity contribution is 7.09. The van der Waals surface area contributed by atoms with Crippen LogP contribution in [-0.4, -0.2) is 34.5 Å². The van der Waals surface area contributed by atoms with Gasteiger partial charge in [-0.25, -0.2) is 9.37 Å². The van der Waals surface area contributed by atoms with Gasteiger partial charge in [-0.3, -0.25) is 0 Å². The molecule has 1 saturated heterocycles. The summed E-state index contributed by atoms with van der Waals surface area (Å²) in [6.45, 7) is 6.29. The second-order valence-corrected chi connectivity index (χ2v) is 6.34. The van der Waals surface area contributed by atoms with Crippen molar-refractivity contribution in [2.45, 2.75) is 32.4 Å².